The number of fused-ring (bicyclic) bond motifs is 2. The third-order valence-electron chi connectivity index (χ3n) is 7.11. The van der Waals surface area contributed by atoms with Gasteiger partial charge in [-0.15, -0.1) is 0 Å². The Morgan fingerprint density at radius 1 is 1.22 bits per heavy atom. The first-order valence-corrected chi connectivity index (χ1v) is 12.9. The van der Waals surface area contributed by atoms with Gasteiger partial charge in [0.05, 0.1) is 17.5 Å². The molecule has 0 saturated carbocycles. The first kappa shape index (κ1) is 25.8. The number of nitrogens with one attached hydrogen (secondary N) is 1. The largest absolute Gasteiger partial charge is 0.493 e. The lowest BCUT2D eigenvalue weighted by molar-refractivity contribution is -0.534. The van der Waals surface area contributed by atoms with Crippen LogP contribution in [0.1, 0.15) is 22.6 Å². The Morgan fingerprint density at radius 3 is 2.68 bits per heavy atom. The van der Waals surface area contributed by atoms with E-state index in [0.29, 0.717) is 49.4 Å². The summed E-state index contributed by atoms with van der Waals surface area (Å²) in [5, 5.41) is 16.4. The molecule has 0 unspecified atom stereocenters. The highest BCUT2D eigenvalue weighted by Gasteiger charge is 2.68. The number of methoxy groups -OCH3 is 1. The Morgan fingerprint density at radius 2 is 1.97 bits per heavy atom. The Labute approximate surface area is 231 Å². The summed E-state index contributed by atoms with van der Waals surface area (Å²) in [5.74, 6) is -0.163. The number of nitro groups is 1. The lowest BCUT2D eigenvalue weighted by atomic mass is 9.79. The number of anilines is 1. The van der Waals surface area contributed by atoms with Crippen LogP contribution in [0.4, 0.5) is 5.69 Å². The summed E-state index contributed by atoms with van der Waals surface area (Å²) >= 11 is 15.8. The molecule has 1 saturated heterocycles. The van der Waals surface area contributed by atoms with Crippen molar-refractivity contribution in [3.63, 3.8) is 0 Å². The van der Waals surface area contributed by atoms with Gasteiger partial charge in [0.25, 0.3) is 11.9 Å². The van der Waals surface area contributed by atoms with Crippen molar-refractivity contribution in [1.82, 2.24) is 4.90 Å². The van der Waals surface area contributed by atoms with Crippen LogP contribution in [-0.2, 0) is 16.9 Å². The monoisotopic (exact) mass is 605 g/mol. The fourth-order valence-corrected chi connectivity index (χ4v) is 6.50. The number of halogens is 3. The van der Waals surface area contributed by atoms with E-state index in [4.69, 9.17) is 32.7 Å². The smallest absolute Gasteiger partial charge is 0.256 e. The summed E-state index contributed by atoms with van der Waals surface area (Å²) in [7, 11) is 3.25. The van der Waals surface area contributed by atoms with Crippen molar-refractivity contribution < 1.29 is 19.2 Å². The number of carbonyl (C=O) groups excluding carboxylic acids is 1. The zero-order chi connectivity index (χ0) is 26.5. The molecule has 11 heteroatoms. The Balaban J connectivity index is 1.52. The minimum atomic E-state index is -1.43. The van der Waals surface area contributed by atoms with Crippen LogP contribution >= 0.6 is 39.1 Å². The standard InChI is InChI=1S/C26H22BrCl2N3O5/c1-31-12-17(24(32(34)35)26(31)18-5-3-4-6-21(18)30-25(26)33)15-9-19(27)23(22(10-15)36-2)37-13-14-7-8-16(28)11-20(14)29/h3-11,17,24H,12-13H2,1-2H3,(H,30,33)/t17-,24-,26-/m0/s1. The molecule has 1 fully saturated rings. The SMILES string of the molecule is COc1cc([C@@H]2CN(C)[C@]3(C(=O)Nc4ccccc43)[C@H]2[N+](=O)[O-])cc(Br)c1OCc1ccc(Cl)cc1Cl. The number of rotatable bonds is 6. The first-order chi connectivity index (χ1) is 17.7. The van der Waals surface area contributed by atoms with Crippen molar-refractivity contribution >= 4 is 50.7 Å². The predicted octanol–water partition coefficient (Wildman–Crippen LogP) is 5.87. The molecule has 1 amide bonds. The molecule has 8 nitrogen and oxygen atoms in total. The normalized spacial score (nSPS) is 22.7. The first-order valence-electron chi connectivity index (χ1n) is 11.4. The molecule has 37 heavy (non-hydrogen) atoms. The van der Waals surface area contributed by atoms with E-state index in [1.807, 2.05) is 0 Å². The van der Waals surface area contributed by atoms with E-state index in [1.54, 1.807) is 66.5 Å². The number of carbonyl (C=O) groups is 1. The highest BCUT2D eigenvalue weighted by atomic mass is 79.9. The molecule has 3 atom stereocenters. The molecule has 0 aromatic heterocycles. The minimum absolute atomic E-state index is 0.161. The average molecular weight is 607 g/mol. The molecule has 1 spiro atoms. The van der Waals surface area contributed by atoms with E-state index in [0.717, 1.165) is 5.56 Å². The summed E-state index contributed by atoms with van der Waals surface area (Å²) in [4.78, 5) is 27.4. The number of likely N-dealkylation sites (tertiary alicyclic amines) is 1. The molecule has 0 bridgehead atoms. The zero-order valence-corrected chi connectivity index (χ0v) is 22.9. The Kier molecular flexibility index (Phi) is 6.83. The summed E-state index contributed by atoms with van der Waals surface area (Å²) < 4.78 is 12.2. The van der Waals surface area contributed by atoms with E-state index < -0.39 is 23.4 Å². The molecule has 5 rings (SSSR count). The topological polar surface area (TPSA) is 93.9 Å². The molecule has 192 valence electrons. The second kappa shape index (κ2) is 9.79. The molecule has 2 aliphatic heterocycles. The lowest BCUT2D eigenvalue weighted by Gasteiger charge is -2.30. The highest BCUT2D eigenvalue weighted by molar-refractivity contribution is 9.10. The number of nitrogens with zero attached hydrogens (tertiary/aromatic N) is 2. The van der Waals surface area contributed by atoms with Crippen molar-refractivity contribution in [3.05, 3.63) is 95.9 Å². The summed E-state index contributed by atoms with van der Waals surface area (Å²) in [6.07, 6.45) is 0. The van der Waals surface area contributed by atoms with Gasteiger partial charge < -0.3 is 14.8 Å². The molecule has 1 N–H and O–H groups in total. The van der Waals surface area contributed by atoms with Crippen LogP contribution in [0.3, 0.4) is 0 Å². The summed E-state index contributed by atoms with van der Waals surface area (Å²) in [6, 6.07) is 14.6. The number of likely N-dealkylation sites (N-methyl/N-ethyl adjacent to an activating group) is 1. The van der Waals surface area contributed by atoms with Crippen molar-refractivity contribution in [2.24, 2.45) is 0 Å². The fourth-order valence-electron chi connectivity index (χ4n) is 5.46. The zero-order valence-electron chi connectivity index (χ0n) is 19.8. The van der Waals surface area contributed by atoms with E-state index >= 15 is 0 Å². The predicted molar refractivity (Wildman–Crippen MR) is 144 cm³/mol. The summed E-state index contributed by atoms with van der Waals surface area (Å²) in [5.41, 5.74) is 1.17. The molecule has 2 heterocycles. The van der Waals surface area contributed by atoms with Crippen molar-refractivity contribution in [1.29, 1.82) is 0 Å². The maximum absolute atomic E-state index is 13.3. The van der Waals surface area contributed by atoms with Gasteiger partial charge in [0.15, 0.2) is 17.0 Å². The molecule has 3 aromatic carbocycles. The van der Waals surface area contributed by atoms with Gasteiger partial charge in [-0.1, -0.05) is 47.5 Å². The van der Waals surface area contributed by atoms with Crippen LogP contribution in [0.5, 0.6) is 11.5 Å². The molecule has 2 aliphatic rings. The number of amides is 1. The van der Waals surface area contributed by atoms with Gasteiger partial charge in [-0.05, 0) is 58.9 Å². The molecule has 3 aromatic rings. The Bertz CT molecular complexity index is 1420. The van der Waals surface area contributed by atoms with Crippen LogP contribution in [0.15, 0.2) is 59.1 Å². The number of benzene rings is 3. The summed E-state index contributed by atoms with van der Waals surface area (Å²) in [6.45, 7) is 0.456. The lowest BCUT2D eigenvalue weighted by Crippen LogP contribution is -2.54. The average Bonchev–Trinajstić information content (AvgIpc) is 3.33. The van der Waals surface area contributed by atoms with Crippen LogP contribution in [0.2, 0.25) is 10.0 Å². The quantitative estimate of drug-likeness (QED) is 0.279. The maximum atomic E-state index is 13.3. The third-order valence-corrected chi connectivity index (χ3v) is 8.28. The molecule has 0 radical (unpaired) electrons. The van der Waals surface area contributed by atoms with Crippen molar-refractivity contribution in [3.8, 4) is 11.5 Å². The van der Waals surface area contributed by atoms with Crippen LogP contribution in [0.25, 0.3) is 0 Å². The van der Waals surface area contributed by atoms with Gasteiger partial charge in [-0.3, -0.25) is 19.8 Å². The number of hydrogen-bond donors (Lipinski definition) is 1. The van der Waals surface area contributed by atoms with Gasteiger partial charge in [0.2, 0.25) is 0 Å². The van der Waals surface area contributed by atoms with E-state index in [1.165, 1.54) is 7.11 Å². The van der Waals surface area contributed by atoms with Crippen LogP contribution < -0.4 is 14.8 Å². The maximum Gasteiger partial charge on any atom is 0.256 e. The van der Waals surface area contributed by atoms with E-state index in [-0.39, 0.29) is 11.5 Å². The van der Waals surface area contributed by atoms with E-state index in [2.05, 4.69) is 21.2 Å². The molecular formula is C26H22BrCl2N3O5. The fraction of sp³-hybridized carbons (Fsp3) is 0.269. The Hall–Kier alpha value is -2.85. The van der Waals surface area contributed by atoms with Crippen LogP contribution in [-0.4, -0.2) is 42.5 Å². The molecular weight excluding hydrogens is 585 g/mol. The van der Waals surface area contributed by atoms with Crippen LogP contribution in [0, 0.1) is 10.1 Å². The van der Waals surface area contributed by atoms with E-state index in [9.17, 15) is 14.9 Å². The van der Waals surface area contributed by atoms with Gasteiger partial charge in [0, 0.05) is 38.3 Å². The third kappa shape index (κ3) is 4.14. The molecule has 0 aliphatic carbocycles. The second-order valence-corrected chi connectivity index (χ2v) is 10.7. The van der Waals surface area contributed by atoms with Gasteiger partial charge in [-0.2, -0.15) is 0 Å². The van der Waals surface area contributed by atoms with Gasteiger partial charge in [0.1, 0.15) is 6.61 Å². The van der Waals surface area contributed by atoms with Crippen molar-refractivity contribution in [2.75, 3.05) is 26.0 Å². The van der Waals surface area contributed by atoms with Gasteiger partial charge in [-0.25, -0.2) is 0 Å². The van der Waals surface area contributed by atoms with Gasteiger partial charge >= 0.3 is 0 Å². The number of ether oxygens (including phenoxy) is 2. The number of para-hydroxylation sites is 1. The minimum Gasteiger partial charge on any atom is -0.493 e. The highest BCUT2D eigenvalue weighted by Crippen LogP contribution is 2.53. The second-order valence-electron chi connectivity index (χ2n) is 9.04. The number of hydrogen-bond acceptors (Lipinski definition) is 6. The van der Waals surface area contributed by atoms with Crippen molar-refractivity contribution in [2.45, 2.75) is 24.1 Å².